The van der Waals surface area contributed by atoms with Crippen molar-refractivity contribution in [2.75, 3.05) is 0 Å². The first kappa shape index (κ1) is 10.7. The van der Waals surface area contributed by atoms with Gasteiger partial charge in [-0.05, 0) is 59.0 Å². The largest absolute Gasteiger partial charge is 0.306 e. The van der Waals surface area contributed by atoms with Crippen LogP contribution in [0.2, 0.25) is 0 Å². The van der Waals surface area contributed by atoms with Crippen molar-refractivity contribution in [1.29, 1.82) is 0 Å². The van der Waals surface area contributed by atoms with Crippen molar-refractivity contribution in [2.24, 2.45) is 0 Å². The van der Waals surface area contributed by atoms with E-state index in [0.29, 0.717) is 0 Å². The van der Waals surface area contributed by atoms with Gasteiger partial charge in [0.05, 0.1) is 9.26 Å². The molecule has 0 bridgehead atoms. The summed E-state index contributed by atoms with van der Waals surface area (Å²) in [4.78, 5) is 4.55. The van der Waals surface area contributed by atoms with Crippen molar-refractivity contribution in [2.45, 2.75) is 0 Å². The molecule has 0 radical (unpaired) electrons. The number of rotatable bonds is 1. The van der Waals surface area contributed by atoms with Crippen LogP contribution < -0.4 is 0 Å². The molecule has 0 unspecified atom stereocenters. The third-order valence-corrected chi connectivity index (χ3v) is 3.42. The van der Waals surface area contributed by atoms with E-state index in [1.54, 1.807) is 12.1 Å². The van der Waals surface area contributed by atoms with Crippen LogP contribution in [0.5, 0.6) is 0 Å². The zero-order valence-corrected chi connectivity index (χ0v) is 10.9. The van der Waals surface area contributed by atoms with Gasteiger partial charge in [0.25, 0.3) is 0 Å². The van der Waals surface area contributed by atoms with Crippen molar-refractivity contribution in [1.82, 2.24) is 9.38 Å². The molecule has 2 nitrogen and oxygen atoms in total. The summed E-state index contributed by atoms with van der Waals surface area (Å²) >= 11 is 2.25. The molecule has 0 atom stereocenters. The van der Waals surface area contributed by atoms with Crippen LogP contribution in [0.15, 0.2) is 48.8 Å². The topological polar surface area (TPSA) is 17.3 Å². The van der Waals surface area contributed by atoms with E-state index in [2.05, 4.69) is 27.6 Å². The molecule has 0 aliphatic carbocycles. The number of halogens is 2. The van der Waals surface area contributed by atoms with Crippen molar-refractivity contribution in [3.05, 3.63) is 58.2 Å². The van der Waals surface area contributed by atoms with E-state index >= 15 is 0 Å². The van der Waals surface area contributed by atoms with Gasteiger partial charge in [-0.2, -0.15) is 0 Å². The van der Waals surface area contributed by atoms with Gasteiger partial charge in [-0.3, -0.25) is 0 Å². The maximum absolute atomic E-state index is 12.8. The summed E-state index contributed by atoms with van der Waals surface area (Å²) in [6.45, 7) is 0. The van der Waals surface area contributed by atoms with Gasteiger partial charge in [-0.15, -0.1) is 0 Å². The van der Waals surface area contributed by atoms with Crippen LogP contribution in [0.1, 0.15) is 0 Å². The number of fused-ring (bicyclic) bond motifs is 1. The number of hydrogen-bond acceptors (Lipinski definition) is 1. The lowest BCUT2D eigenvalue weighted by Crippen LogP contribution is -1.83. The van der Waals surface area contributed by atoms with Crippen molar-refractivity contribution >= 4 is 28.2 Å². The predicted octanol–water partition coefficient (Wildman–Crippen LogP) is 3.75. The normalized spacial score (nSPS) is 10.9. The van der Waals surface area contributed by atoms with Crippen molar-refractivity contribution in [3.8, 4) is 11.3 Å². The molecule has 0 amide bonds. The highest BCUT2D eigenvalue weighted by Gasteiger charge is 2.06. The van der Waals surface area contributed by atoms with Crippen LogP contribution >= 0.6 is 22.6 Å². The van der Waals surface area contributed by atoms with E-state index < -0.39 is 0 Å². The summed E-state index contributed by atoms with van der Waals surface area (Å²) in [6.07, 6.45) is 3.91. The molecule has 0 fully saturated rings. The second-order valence-electron chi connectivity index (χ2n) is 3.72. The standard InChI is InChI=1S/C13H8FIN2/c14-10-5-3-9(4-6-10)12-8-17-7-1-2-11(15)13(17)16-12/h1-8H. The molecule has 0 N–H and O–H groups in total. The van der Waals surface area contributed by atoms with Crippen LogP contribution in [0.4, 0.5) is 4.39 Å². The van der Waals surface area contributed by atoms with E-state index in [-0.39, 0.29) is 5.82 Å². The number of pyridine rings is 1. The number of imidazole rings is 1. The molecule has 1 aromatic carbocycles. The lowest BCUT2D eigenvalue weighted by atomic mass is 10.2. The highest BCUT2D eigenvalue weighted by molar-refractivity contribution is 14.1. The summed E-state index contributed by atoms with van der Waals surface area (Å²) in [5.41, 5.74) is 2.70. The third kappa shape index (κ3) is 1.93. The molecule has 0 spiro atoms. The van der Waals surface area contributed by atoms with E-state index in [9.17, 15) is 4.39 Å². The Morgan fingerprint density at radius 2 is 1.88 bits per heavy atom. The molecule has 0 saturated carbocycles. The van der Waals surface area contributed by atoms with E-state index in [1.807, 2.05) is 28.9 Å². The first-order valence-electron chi connectivity index (χ1n) is 5.13. The van der Waals surface area contributed by atoms with Gasteiger partial charge in [0.2, 0.25) is 0 Å². The van der Waals surface area contributed by atoms with Gasteiger partial charge in [-0.25, -0.2) is 9.37 Å². The van der Waals surface area contributed by atoms with Crippen molar-refractivity contribution in [3.63, 3.8) is 0 Å². The Labute approximate surface area is 111 Å². The van der Waals surface area contributed by atoms with Gasteiger partial charge < -0.3 is 4.40 Å². The van der Waals surface area contributed by atoms with Gasteiger partial charge in [-0.1, -0.05) is 0 Å². The first-order chi connectivity index (χ1) is 8.24. The second-order valence-corrected chi connectivity index (χ2v) is 4.88. The fraction of sp³-hybridized carbons (Fsp3) is 0. The van der Waals surface area contributed by atoms with E-state index in [0.717, 1.165) is 20.5 Å². The highest BCUT2D eigenvalue weighted by atomic mass is 127. The van der Waals surface area contributed by atoms with E-state index in [4.69, 9.17) is 0 Å². The maximum Gasteiger partial charge on any atom is 0.150 e. The minimum absolute atomic E-state index is 0.230. The summed E-state index contributed by atoms with van der Waals surface area (Å²) in [6, 6.07) is 10.4. The monoisotopic (exact) mass is 338 g/mol. The lowest BCUT2D eigenvalue weighted by molar-refractivity contribution is 0.628. The average molecular weight is 338 g/mol. The zero-order valence-electron chi connectivity index (χ0n) is 8.77. The molecule has 3 rings (SSSR count). The molecule has 0 saturated heterocycles. The van der Waals surface area contributed by atoms with Crippen LogP contribution in [0.25, 0.3) is 16.9 Å². The number of nitrogens with zero attached hydrogens (tertiary/aromatic N) is 2. The van der Waals surface area contributed by atoms with Crippen LogP contribution in [-0.4, -0.2) is 9.38 Å². The van der Waals surface area contributed by atoms with Gasteiger partial charge in [0.15, 0.2) is 5.65 Å². The Hall–Kier alpha value is -1.43. The van der Waals surface area contributed by atoms with E-state index in [1.165, 1.54) is 12.1 Å². The average Bonchev–Trinajstić information content (AvgIpc) is 2.75. The Balaban J connectivity index is 2.18. The SMILES string of the molecule is Fc1ccc(-c2cn3cccc(I)c3n2)cc1. The third-order valence-electron chi connectivity index (χ3n) is 2.58. The molecular formula is C13H8FIN2. The molecule has 84 valence electrons. The fourth-order valence-electron chi connectivity index (χ4n) is 1.74. The summed E-state index contributed by atoms with van der Waals surface area (Å²) < 4.78 is 15.9. The summed E-state index contributed by atoms with van der Waals surface area (Å²) in [5.74, 6) is -0.230. The van der Waals surface area contributed by atoms with Gasteiger partial charge in [0, 0.05) is 18.0 Å². The molecule has 4 heteroatoms. The molecule has 2 aromatic heterocycles. The minimum atomic E-state index is -0.230. The molecule has 2 heterocycles. The van der Waals surface area contributed by atoms with Gasteiger partial charge >= 0.3 is 0 Å². The van der Waals surface area contributed by atoms with Gasteiger partial charge in [0.1, 0.15) is 5.82 Å². The Bertz CT molecular complexity index is 673. The first-order valence-corrected chi connectivity index (χ1v) is 6.21. The Morgan fingerprint density at radius 1 is 1.12 bits per heavy atom. The quantitative estimate of drug-likeness (QED) is 0.618. The molecule has 0 aliphatic heterocycles. The fourth-order valence-corrected chi connectivity index (χ4v) is 2.35. The second kappa shape index (κ2) is 4.10. The lowest BCUT2D eigenvalue weighted by Gasteiger charge is -1.94. The summed E-state index contributed by atoms with van der Waals surface area (Å²) in [7, 11) is 0. The zero-order chi connectivity index (χ0) is 11.8. The molecule has 17 heavy (non-hydrogen) atoms. The predicted molar refractivity (Wildman–Crippen MR) is 73.3 cm³/mol. The van der Waals surface area contributed by atoms with Crippen LogP contribution in [0, 0.1) is 9.39 Å². The highest BCUT2D eigenvalue weighted by Crippen LogP contribution is 2.21. The molecule has 3 aromatic rings. The molecule has 0 aliphatic rings. The number of hydrogen-bond donors (Lipinski definition) is 0. The van der Waals surface area contributed by atoms with Crippen LogP contribution in [0.3, 0.4) is 0 Å². The maximum atomic E-state index is 12.8. The van der Waals surface area contributed by atoms with Crippen LogP contribution in [-0.2, 0) is 0 Å². The smallest absolute Gasteiger partial charge is 0.150 e. The molecular weight excluding hydrogens is 330 g/mol. The van der Waals surface area contributed by atoms with Crippen molar-refractivity contribution < 1.29 is 4.39 Å². The number of benzene rings is 1. The summed E-state index contributed by atoms with van der Waals surface area (Å²) in [5, 5.41) is 0. The number of aromatic nitrogens is 2. The Morgan fingerprint density at radius 3 is 2.59 bits per heavy atom. The minimum Gasteiger partial charge on any atom is -0.306 e. The Kier molecular flexibility index (Phi) is 2.58.